The van der Waals surface area contributed by atoms with Gasteiger partial charge in [0.2, 0.25) is 0 Å². The SMILES string of the molecule is CS(=O)(=O)c1cc(N)cc(C(=O)Nc2ccnc(Cl)c2)c1. The molecule has 0 saturated heterocycles. The summed E-state index contributed by atoms with van der Waals surface area (Å²) in [6, 6.07) is 7.00. The number of amides is 1. The average molecular weight is 326 g/mol. The first-order valence-electron chi connectivity index (χ1n) is 5.79. The van der Waals surface area contributed by atoms with Gasteiger partial charge in [0, 0.05) is 29.4 Å². The lowest BCUT2D eigenvalue weighted by molar-refractivity contribution is 0.102. The molecule has 3 N–H and O–H groups in total. The average Bonchev–Trinajstić information content (AvgIpc) is 2.37. The number of carbonyl (C=O) groups excluding carboxylic acids is 1. The van der Waals surface area contributed by atoms with Crippen LogP contribution in [0.5, 0.6) is 0 Å². The van der Waals surface area contributed by atoms with E-state index >= 15 is 0 Å². The van der Waals surface area contributed by atoms with E-state index in [-0.39, 0.29) is 21.3 Å². The van der Waals surface area contributed by atoms with Crippen LogP contribution in [0.25, 0.3) is 0 Å². The van der Waals surface area contributed by atoms with Crippen molar-refractivity contribution in [1.82, 2.24) is 4.98 Å². The Bertz CT molecular complexity index is 806. The van der Waals surface area contributed by atoms with Gasteiger partial charge in [-0.2, -0.15) is 0 Å². The highest BCUT2D eigenvalue weighted by Crippen LogP contribution is 2.19. The normalized spacial score (nSPS) is 11.1. The van der Waals surface area contributed by atoms with Gasteiger partial charge in [0.05, 0.1) is 4.90 Å². The molecule has 0 unspecified atom stereocenters. The molecule has 0 atom stereocenters. The van der Waals surface area contributed by atoms with Crippen molar-refractivity contribution in [2.75, 3.05) is 17.3 Å². The predicted octanol–water partition coefficient (Wildman–Crippen LogP) is 1.97. The van der Waals surface area contributed by atoms with Crippen molar-refractivity contribution in [3.05, 3.63) is 47.2 Å². The van der Waals surface area contributed by atoms with Crippen molar-refractivity contribution in [2.24, 2.45) is 0 Å². The smallest absolute Gasteiger partial charge is 0.255 e. The number of sulfone groups is 1. The lowest BCUT2D eigenvalue weighted by Crippen LogP contribution is -2.13. The highest BCUT2D eigenvalue weighted by molar-refractivity contribution is 7.90. The Morgan fingerprint density at radius 3 is 2.62 bits per heavy atom. The van der Waals surface area contributed by atoms with Gasteiger partial charge >= 0.3 is 0 Å². The van der Waals surface area contributed by atoms with Gasteiger partial charge in [0.1, 0.15) is 5.15 Å². The van der Waals surface area contributed by atoms with Crippen molar-refractivity contribution in [1.29, 1.82) is 0 Å². The fourth-order valence-electron chi connectivity index (χ4n) is 1.65. The summed E-state index contributed by atoms with van der Waals surface area (Å²) in [6.45, 7) is 0. The van der Waals surface area contributed by atoms with Crippen LogP contribution >= 0.6 is 11.6 Å². The third-order valence-electron chi connectivity index (χ3n) is 2.60. The summed E-state index contributed by atoms with van der Waals surface area (Å²) >= 11 is 5.72. The lowest BCUT2D eigenvalue weighted by Gasteiger charge is -2.08. The molecular formula is C13H12ClN3O3S. The maximum Gasteiger partial charge on any atom is 0.255 e. The van der Waals surface area contributed by atoms with E-state index in [1.807, 2.05) is 0 Å². The third kappa shape index (κ3) is 3.93. The third-order valence-corrected chi connectivity index (χ3v) is 3.90. The monoisotopic (exact) mass is 325 g/mol. The summed E-state index contributed by atoms with van der Waals surface area (Å²) < 4.78 is 23.1. The molecule has 0 radical (unpaired) electrons. The van der Waals surface area contributed by atoms with E-state index in [1.54, 1.807) is 6.07 Å². The number of aromatic nitrogens is 1. The Hall–Kier alpha value is -2.12. The molecule has 1 aromatic carbocycles. The number of nitrogens with two attached hydrogens (primary N) is 1. The number of nitrogens with zero attached hydrogens (tertiary/aromatic N) is 1. The lowest BCUT2D eigenvalue weighted by atomic mass is 10.2. The number of hydrogen-bond donors (Lipinski definition) is 2. The molecule has 0 aliphatic rings. The number of hydrogen-bond acceptors (Lipinski definition) is 5. The molecule has 1 amide bonds. The molecule has 0 bridgehead atoms. The van der Waals surface area contributed by atoms with Crippen LogP contribution in [-0.4, -0.2) is 25.6 Å². The molecule has 1 heterocycles. The Morgan fingerprint density at radius 1 is 1.29 bits per heavy atom. The van der Waals surface area contributed by atoms with Crippen molar-refractivity contribution in [3.63, 3.8) is 0 Å². The number of anilines is 2. The van der Waals surface area contributed by atoms with Crippen LogP contribution in [0.3, 0.4) is 0 Å². The largest absolute Gasteiger partial charge is 0.399 e. The topological polar surface area (TPSA) is 102 Å². The minimum Gasteiger partial charge on any atom is -0.399 e. The summed E-state index contributed by atoms with van der Waals surface area (Å²) in [5, 5.41) is 2.82. The van der Waals surface area contributed by atoms with Gasteiger partial charge in [-0.15, -0.1) is 0 Å². The van der Waals surface area contributed by atoms with Gasteiger partial charge in [0.25, 0.3) is 5.91 Å². The molecule has 8 heteroatoms. The highest BCUT2D eigenvalue weighted by atomic mass is 35.5. The van der Waals surface area contributed by atoms with Crippen LogP contribution in [-0.2, 0) is 9.84 Å². The number of carbonyl (C=O) groups is 1. The van der Waals surface area contributed by atoms with Crippen LogP contribution < -0.4 is 11.1 Å². The number of rotatable bonds is 3. The molecule has 21 heavy (non-hydrogen) atoms. The first-order valence-corrected chi connectivity index (χ1v) is 8.06. The van der Waals surface area contributed by atoms with Gasteiger partial charge in [-0.3, -0.25) is 4.79 Å². The Balaban J connectivity index is 2.33. The fraction of sp³-hybridized carbons (Fsp3) is 0.0769. The number of nitrogens with one attached hydrogen (secondary N) is 1. The fourth-order valence-corrected chi connectivity index (χ4v) is 2.52. The van der Waals surface area contributed by atoms with Crippen LogP contribution in [0.1, 0.15) is 10.4 Å². The van der Waals surface area contributed by atoms with Crippen LogP contribution in [0.15, 0.2) is 41.4 Å². The Kier molecular flexibility index (Phi) is 4.15. The predicted molar refractivity (Wildman–Crippen MR) is 81.2 cm³/mol. The van der Waals surface area contributed by atoms with E-state index < -0.39 is 15.7 Å². The molecule has 0 aliphatic carbocycles. The van der Waals surface area contributed by atoms with Crippen molar-refractivity contribution in [2.45, 2.75) is 4.90 Å². The van der Waals surface area contributed by atoms with Crippen LogP contribution in [0.2, 0.25) is 5.15 Å². The molecule has 2 aromatic rings. The van der Waals surface area contributed by atoms with Gasteiger partial charge in [-0.25, -0.2) is 13.4 Å². The number of benzene rings is 1. The zero-order chi connectivity index (χ0) is 15.6. The molecule has 0 saturated carbocycles. The second-order valence-electron chi connectivity index (χ2n) is 4.38. The van der Waals surface area contributed by atoms with E-state index in [9.17, 15) is 13.2 Å². The zero-order valence-corrected chi connectivity index (χ0v) is 12.6. The van der Waals surface area contributed by atoms with E-state index in [0.717, 1.165) is 6.26 Å². The van der Waals surface area contributed by atoms with Gasteiger partial charge in [0.15, 0.2) is 9.84 Å². The Morgan fingerprint density at radius 2 is 2.00 bits per heavy atom. The maximum absolute atomic E-state index is 12.1. The summed E-state index contributed by atoms with van der Waals surface area (Å²) in [4.78, 5) is 15.9. The molecule has 0 aliphatic heterocycles. The number of nitrogen functional groups attached to an aromatic ring is 1. The van der Waals surface area contributed by atoms with Crippen molar-refractivity contribution in [3.8, 4) is 0 Å². The molecular weight excluding hydrogens is 314 g/mol. The second-order valence-corrected chi connectivity index (χ2v) is 6.79. The summed E-state index contributed by atoms with van der Waals surface area (Å²) in [6.07, 6.45) is 2.49. The van der Waals surface area contributed by atoms with Crippen molar-refractivity contribution < 1.29 is 13.2 Å². The number of pyridine rings is 1. The molecule has 0 fully saturated rings. The number of halogens is 1. The summed E-state index contributed by atoms with van der Waals surface area (Å²) in [7, 11) is -3.45. The first-order chi connectivity index (χ1) is 9.75. The summed E-state index contributed by atoms with van der Waals surface area (Å²) in [5.74, 6) is -0.491. The van der Waals surface area contributed by atoms with Crippen LogP contribution in [0.4, 0.5) is 11.4 Å². The minimum atomic E-state index is -3.45. The van der Waals surface area contributed by atoms with Crippen LogP contribution in [0, 0.1) is 0 Å². The molecule has 2 rings (SSSR count). The minimum absolute atomic E-state index is 0.0135. The van der Waals surface area contributed by atoms with Crippen molar-refractivity contribution >= 4 is 38.7 Å². The zero-order valence-electron chi connectivity index (χ0n) is 11.0. The van der Waals surface area contributed by atoms with E-state index in [2.05, 4.69) is 10.3 Å². The quantitative estimate of drug-likeness (QED) is 0.663. The highest BCUT2D eigenvalue weighted by Gasteiger charge is 2.14. The molecule has 1 aromatic heterocycles. The molecule has 6 nitrogen and oxygen atoms in total. The van der Waals surface area contributed by atoms with Gasteiger partial charge in [-0.05, 0) is 30.3 Å². The standard InChI is InChI=1S/C13H12ClN3O3S/c1-21(19,20)11-5-8(4-9(15)6-11)13(18)17-10-2-3-16-12(14)7-10/h2-7H,15H2,1H3,(H,16,17,18). The van der Waals surface area contributed by atoms with Gasteiger partial charge < -0.3 is 11.1 Å². The van der Waals surface area contributed by atoms with E-state index in [1.165, 1.54) is 30.5 Å². The first kappa shape index (κ1) is 15.3. The Labute approximate surface area is 126 Å². The molecule has 110 valence electrons. The van der Waals surface area contributed by atoms with E-state index in [4.69, 9.17) is 17.3 Å². The van der Waals surface area contributed by atoms with Gasteiger partial charge in [-0.1, -0.05) is 11.6 Å². The van der Waals surface area contributed by atoms with E-state index in [0.29, 0.717) is 5.69 Å². The summed E-state index contributed by atoms with van der Waals surface area (Å²) in [5.41, 5.74) is 6.42. The maximum atomic E-state index is 12.1. The molecule has 0 spiro atoms. The second kappa shape index (κ2) is 5.71.